The second-order valence-electron chi connectivity index (χ2n) is 9.59. The lowest BCUT2D eigenvalue weighted by Gasteiger charge is -2.36. The van der Waals surface area contributed by atoms with Gasteiger partial charge in [0.05, 0.1) is 5.39 Å². The Morgan fingerprint density at radius 1 is 0.778 bits per heavy atom. The van der Waals surface area contributed by atoms with Crippen LogP contribution >= 0.6 is 0 Å². The third kappa shape index (κ3) is 5.90. The second kappa shape index (κ2) is 12.2. The molecule has 0 aliphatic heterocycles. The summed E-state index contributed by atoms with van der Waals surface area (Å²) in [6.45, 7) is 5.93. The van der Waals surface area contributed by atoms with Crippen LogP contribution in [0.5, 0.6) is 5.75 Å². The molecule has 0 fully saturated rings. The van der Waals surface area contributed by atoms with E-state index in [0.29, 0.717) is 12.1 Å². The van der Waals surface area contributed by atoms with Crippen LogP contribution in [0, 0.1) is 41.0 Å². The highest BCUT2D eigenvalue weighted by molar-refractivity contribution is 6.75. The average Bonchev–Trinajstić information content (AvgIpc) is 2.86. The Morgan fingerprint density at radius 3 is 2.03 bits per heavy atom. The van der Waals surface area contributed by atoms with Crippen LogP contribution in [-0.2, 0) is 6.04 Å². The third-order valence-corrected chi connectivity index (χ3v) is 11.7. The van der Waals surface area contributed by atoms with E-state index in [4.69, 9.17) is 4.43 Å². The molecule has 3 aromatic carbocycles. The van der Waals surface area contributed by atoms with Crippen molar-refractivity contribution >= 4 is 19.1 Å². The van der Waals surface area contributed by atoms with E-state index in [9.17, 15) is 17.6 Å². The third-order valence-electron chi connectivity index (χ3n) is 6.78. The maximum absolute atomic E-state index is 15.5. The number of hydrogen-bond acceptors (Lipinski definition) is 1. The molecule has 0 aliphatic rings. The van der Waals surface area contributed by atoms with Crippen molar-refractivity contribution in [3.63, 3.8) is 0 Å². The van der Waals surface area contributed by atoms with Crippen LogP contribution in [-0.4, -0.2) is 8.32 Å². The van der Waals surface area contributed by atoms with Gasteiger partial charge in [0, 0.05) is 17.5 Å². The first kappa shape index (κ1) is 28.1. The van der Waals surface area contributed by atoms with E-state index >= 15 is 8.78 Å². The Kier molecular flexibility index (Phi) is 9.50. The molecular formula is C28H31F6OSi. The fraction of sp³-hybridized carbons (Fsp3) is 0.429. The van der Waals surface area contributed by atoms with E-state index in [1.54, 1.807) is 6.07 Å². The monoisotopic (exact) mass is 525 g/mol. The van der Waals surface area contributed by atoms with Gasteiger partial charge in [-0.1, -0.05) is 89.6 Å². The van der Waals surface area contributed by atoms with Crippen LogP contribution < -0.4 is 4.43 Å². The maximum atomic E-state index is 15.5. The zero-order valence-electron chi connectivity index (χ0n) is 20.8. The zero-order valence-corrected chi connectivity index (χ0v) is 21.8. The summed E-state index contributed by atoms with van der Waals surface area (Å²) in [5, 5.41) is -2.35. The highest BCUT2D eigenvalue weighted by Crippen LogP contribution is 2.40. The molecule has 0 saturated heterocycles. The quantitative estimate of drug-likeness (QED) is 0.0753. The molecule has 0 saturated carbocycles. The molecule has 195 valence electrons. The summed E-state index contributed by atoms with van der Waals surface area (Å²) in [6.07, 6.45) is 6.03. The highest BCUT2D eigenvalue weighted by atomic mass is 28.4. The van der Waals surface area contributed by atoms with Crippen molar-refractivity contribution in [2.75, 3.05) is 0 Å². The molecule has 0 bridgehead atoms. The Balaban J connectivity index is 2.07. The lowest BCUT2D eigenvalue weighted by molar-refractivity contribution is 0.405. The topological polar surface area (TPSA) is 9.23 Å². The molecule has 0 heterocycles. The number of benzene rings is 3. The van der Waals surface area contributed by atoms with E-state index in [2.05, 4.69) is 6.92 Å². The van der Waals surface area contributed by atoms with Gasteiger partial charge in [-0.15, -0.1) is 0 Å². The summed E-state index contributed by atoms with van der Waals surface area (Å²) in [6, 6.07) is 12.0. The van der Waals surface area contributed by atoms with Gasteiger partial charge in [0.1, 0.15) is 0 Å². The summed E-state index contributed by atoms with van der Waals surface area (Å²) in [4.78, 5) is 0. The lowest BCUT2D eigenvalue weighted by atomic mass is 10.1. The van der Waals surface area contributed by atoms with Crippen LogP contribution in [0.2, 0.25) is 11.6 Å². The first-order chi connectivity index (χ1) is 17.1. The normalized spacial score (nSPS) is 13.4. The van der Waals surface area contributed by atoms with Gasteiger partial charge in [-0.25, -0.2) is 22.0 Å². The van der Waals surface area contributed by atoms with E-state index in [0.717, 1.165) is 44.1 Å². The number of halogens is 6. The maximum Gasteiger partial charge on any atom is 0.258 e. The predicted molar refractivity (Wildman–Crippen MR) is 132 cm³/mol. The van der Waals surface area contributed by atoms with Gasteiger partial charge < -0.3 is 4.43 Å². The van der Waals surface area contributed by atoms with Crippen molar-refractivity contribution in [2.24, 2.45) is 0 Å². The van der Waals surface area contributed by atoms with Crippen molar-refractivity contribution < 1.29 is 30.8 Å². The lowest BCUT2D eigenvalue weighted by Crippen LogP contribution is -2.48. The smallest absolute Gasteiger partial charge is 0.258 e. The summed E-state index contributed by atoms with van der Waals surface area (Å²) >= 11 is 0. The van der Waals surface area contributed by atoms with Gasteiger partial charge in [0.2, 0.25) is 5.82 Å². The van der Waals surface area contributed by atoms with Gasteiger partial charge in [-0.3, -0.25) is 0 Å². The largest absolute Gasteiger partial charge is 0.539 e. The molecule has 0 aromatic heterocycles. The molecule has 3 aromatic rings. The molecular weight excluding hydrogens is 494 g/mol. The minimum absolute atomic E-state index is 0.128. The van der Waals surface area contributed by atoms with Crippen LogP contribution in [0.4, 0.5) is 26.3 Å². The van der Waals surface area contributed by atoms with E-state index in [-0.39, 0.29) is 5.54 Å². The number of unbranched alkanes of at least 4 members (excludes halogenated alkanes) is 5. The molecule has 1 nitrogen and oxygen atoms in total. The molecule has 0 aliphatic carbocycles. The number of fused-ring (bicyclic) bond motifs is 1. The molecule has 1 atom stereocenters. The number of rotatable bonds is 12. The van der Waals surface area contributed by atoms with Gasteiger partial charge in [-0.2, -0.15) is 4.39 Å². The van der Waals surface area contributed by atoms with E-state index in [1.807, 2.05) is 44.2 Å². The van der Waals surface area contributed by atoms with Crippen LogP contribution in [0.3, 0.4) is 0 Å². The fourth-order valence-corrected chi connectivity index (χ4v) is 8.49. The average molecular weight is 526 g/mol. The summed E-state index contributed by atoms with van der Waals surface area (Å²) in [5.41, 5.74) is 0.785. The van der Waals surface area contributed by atoms with Crippen molar-refractivity contribution in [3.8, 4) is 5.75 Å². The zero-order chi connectivity index (χ0) is 26.5. The van der Waals surface area contributed by atoms with Gasteiger partial charge in [0.25, 0.3) is 8.32 Å². The van der Waals surface area contributed by atoms with E-state index < -0.39 is 59.7 Å². The first-order valence-electron chi connectivity index (χ1n) is 12.4. The van der Waals surface area contributed by atoms with Crippen molar-refractivity contribution in [1.82, 2.24) is 0 Å². The molecule has 0 spiro atoms. The molecule has 3 rings (SSSR count). The Bertz CT molecular complexity index is 1180. The standard InChI is InChI=1S/C28H31F6OSi/c1-4-5-6-7-8-12-15-36(18(2)3,17-19-13-10-9-11-14-19)35-28-23(30)20-16-21(29)24(31)25(32)22(20)26(33)27(28)34/h9-11,13-14,18H,4-8,12,15,17H2,1-3H3. The van der Waals surface area contributed by atoms with Crippen molar-refractivity contribution in [3.05, 3.63) is 76.9 Å². The summed E-state index contributed by atoms with van der Waals surface area (Å²) in [7, 11) is -3.06. The molecule has 1 radical (unpaired) electrons. The Hall–Kier alpha value is -2.48. The Labute approximate surface area is 209 Å². The number of hydrogen-bond donors (Lipinski definition) is 0. The molecule has 8 heteroatoms. The highest BCUT2D eigenvalue weighted by Gasteiger charge is 2.42. The minimum atomic E-state index is -3.06. The van der Waals surface area contributed by atoms with Crippen molar-refractivity contribution in [2.45, 2.75) is 76.9 Å². The Morgan fingerprint density at radius 2 is 1.39 bits per heavy atom. The summed E-state index contributed by atoms with van der Waals surface area (Å²) in [5.74, 6) is -12.0. The SMILES string of the molecule is CCCCCCCC[Si](Cc1ccccc1)(Oc1c(F)c(F)c2c(F)c(F)c(F)[c]c2c1F)C(C)C. The van der Waals surface area contributed by atoms with Crippen LogP contribution in [0.25, 0.3) is 10.8 Å². The van der Waals surface area contributed by atoms with Crippen LogP contribution in [0.15, 0.2) is 30.3 Å². The van der Waals surface area contributed by atoms with Crippen LogP contribution in [0.1, 0.15) is 64.9 Å². The van der Waals surface area contributed by atoms with Gasteiger partial charge >= 0.3 is 0 Å². The van der Waals surface area contributed by atoms with E-state index in [1.165, 1.54) is 0 Å². The fourth-order valence-electron chi connectivity index (χ4n) is 4.56. The van der Waals surface area contributed by atoms with Gasteiger partial charge in [0.15, 0.2) is 34.8 Å². The summed E-state index contributed by atoms with van der Waals surface area (Å²) < 4.78 is 93.3. The van der Waals surface area contributed by atoms with Gasteiger partial charge in [-0.05, 0) is 17.1 Å². The predicted octanol–water partition coefficient (Wildman–Crippen LogP) is 9.35. The molecule has 36 heavy (non-hydrogen) atoms. The molecule has 0 N–H and O–H groups in total. The molecule has 0 amide bonds. The second-order valence-corrected chi connectivity index (χ2v) is 13.9. The van der Waals surface area contributed by atoms with Crippen molar-refractivity contribution in [1.29, 1.82) is 0 Å². The minimum Gasteiger partial charge on any atom is -0.539 e. The first-order valence-corrected chi connectivity index (χ1v) is 14.8. The molecule has 1 unspecified atom stereocenters.